The zero-order valence-electron chi connectivity index (χ0n) is 11.5. The van der Waals surface area contributed by atoms with Gasteiger partial charge >= 0.3 is 5.97 Å². The van der Waals surface area contributed by atoms with E-state index >= 15 is 0 Å². The van der Waals surface area contributed by atoms with Crippen molar-refractivity contribution < 1.29 is 14.7 Å². The molecule has 1 aromatic carbocycles. The first-order chi connectivity index (χ1) is 9.61. The molecule has 0 aromatic heterocycles. The highest BCUT2D eigenvalue weighted by Gasteiger charge is 2.33. The van der Waals surface area contributed by atoms with E-state index < -0.39 is 17.8 Å². The molecule has 0 spiro atoms. The Kier molecular flexibility index (Phi) is 4.56. The van der Waals surface area contributed by atoms with Crippen molar-refractivity contribution in [2.45, 2.75) is 26.2 Å². The largest absolute Gasteiger partial charge is 0.481 e. The van der Waals surface area contributed by atoms with Crippen LogP contribution in [-0.4, -0.2) is 17.0 Å². The number of carbonyl (C=O) groups is 2. The van der Waals surface area contributed by atoms with Crippen LogP contribution in [0, 0.1) is 11.8 Å². The quantitative estimate of drug-likeness (QED) is 0.829. The van der Waals surface area contributed by atoms with Crippen molar-refractivity contribution in [2.24, 2.45) is 11.8 Å². The molecule has 0 unspecified atom stereocenters. The van der Waals surface area contributed by atoms with Crippen molar-refractivity contribution >= 4 is 17.6 Å². The maximum atomic E-state index is 12.3. The van der Waals surface area contributed by atoms with Crippen molar-refractivity contribution in [3.05, 3.63) is 42.0 Å². The van der Waals surface area contributed by atoms with Crippen LogP contribution in [0.2, 0.25) is 0 Å². The number of hydrogen-bond donors (Lipinski definition) is 2. The van der Waals surface area contributed by atoms with Crippen molar-refractivity contribution in [3.63, 3.8) is 0 Å². The van der Waals surface area contributed by atoms with E-state index in [9.17, 15) is 14.7 Å². The zero-order valence-corrected chi connectivity index (χ0v) is 11.5. The fourth-order valence-corrected chi connectivity index (χ4v) is 2.48. The minimum atomic E-state index is -0.906. The average molecular weight is 273 g/mol. The van der Waals surface area contributed by atoms with E-state index in [4.69, 9.17) is 0 Å². The number of carboxylic acids is 1. The summed E-state index contributed by atoms with van der Waals surface area (Å²) in [5.74, 6) is -2.25. The summed E-state index contributed by atoms with van der Waals surface area (Å²) in [5, 5.41) is 12.0. The van der Waals surface area contributed by atoms with Gasteiger partial charge in [0.05, 0.1) is 11.8 Å². The van der Waals surface area contributed by atoms with Crippen molar-refractivity contribution in [1.29, 1.82) is 0 Å². The van der Waals surface area contributed by atoms with Gasteiger partial charge in [-0.2, -0.15) is 0 Å². The lowest BCUT2D eigenvalue weighted by Crippen LogP contribution is -2.34. The van der Waals surface area contributed by atoms with Crippen LogP contribution in [0.5, 0.6) is 0 Å². The second-order valence-corrected chi connectivity index (χ2v) is 5.04. The number of hydrogen-bond acceptors (Lipinski definition) is 2. The Morgan fingerprint density at radius 2 is 1.95 bits per heavy atom. The minimum Gasteiger partial charge on any atom is -0.481 e. The highest BCUT2D eigenvalue weighted by molar-refractivity contribution is 5.95. The molecule has 1 aliphatic rings. The first-order valence-corrected chi connectivity index (χ1v) is 6.89. The molecule has 0 bridgehead atoms. The topological polar surface area (TPSA) is 66.4 Å². The number of nitrogens with one attached hydrogen (secondary N) is 1. The molecule has 2 rings (SSSR count). The molecule has 0 aliphatic heterocycles. The van der Waals surface area contributed by atoms with Gasteiger partial charge in [-0.1, -0.05) is 31.2 Å². The summed E-state index contributed by atoms with van der Waals surface area (Å²) in [6.45, 7) is 2.05. The van der Waals surface area contributed by atoms with E-state index in [2.05, 4.69) is 5.32 Å². The molecular formula is C16H19NO3. The third kappa shape index (κ3) is 3.26. The molecular weight excluding hydrogens is 254 g/mol. The van der Waals surface area contributed by atoms with Crippen LogP contribution in [-0.2, 0) is 16.0 Å². The number of aryl methyl sites for hydroxylation is 1. The van der Waals surface area contributed by atoms with Crippen LogP contribution >= 0.6 is 0 Å². The number of carboxylic acid groups (broad SMARTS) is 1. The minimum absolute atomic E-state index is 0.213. The summed E-state index contributed by atoms with van der Waals surface area (Å²) in [4.78, 5) is 23.5. The number of rotatable bonds is 4. The molecule has 0 fully saturated rings. The number of benzene rings is 1. The van der Waals surface area contributed by atoms with Gasteiger partial charge in [-0.05, 0) is 37.0 Å². The Balaban J connectivity index is 2.10. The highest BCUT2D eigenvalue weighted by atomic mass is 16.4. The molecule has 0 saturated heterocycles. The Hall–Kier alpha value is -2.10. The van der Waals surface area contributed by atoms with Gasteiger partial charge in [0, 0.05) is 5.69 Å². The Bertz CT molecular complexity index is 536. The SMILES string of the molecule is CCc1cccc(NC(=O)[C@H]2CC=CC[C@@H]2C(=O)O)c1. The van der Waals surface area contributed by atoms with E-state index in [-0.39, 0.29) is 5.91 Å². The first-order valence-electron chi connectivity index (χ1n) is 6.89. The lowest BCUT2D eigenvalue weighted by molar-refractivity contribution is -0.146. The number of amides is 1. The molecule has 0 heterocycles. The van der Waals surface area contributed by atoms with Gasteiger partial charge in [0.1, 0.15) is 0 Å². The van der Waals surface area contributed by atoms with Gasteiger partial charge in [0.15, 0.2) is 0 Å². The molecule has 1 amide bonds. The predicted molar refractivity (Wildman–Crippen MR) is 77.4 cm³/mol. The first kappa shape index (κ1) is 14.3. The van der Waals surface area contributed by atoms with Crippen LogP contribution < -0.4 is 5.32 Å². The molecule has 1 aromatic rings. The summed E-state index contributed by atoms with van der Waals surface area (Å²) >= 11 is 0. The lowest BCUT2D eigenvalue weighted by atomic mass is 9.82. The second kappa shape index (κ2) is 6.37. The van der Waals surface area contributed by atoms with E-state index in [1.165, 1.54) is 0 Å². The summed E-state index contributed by atoms with van der Waals surface area (Å²) in [7, 11) is 0. The van der Waals surface area contributed by atoms with Crippen LogP contribution in [0.1, 0.15) is 25.3 Å². The summed E-state index contributed by atoms with van der Waals surface area (Å²) < 4.78 is 0. The Labute approximate surface area is 118 Å². The van der Waals surface area contributed by atoms with Crippen LogP contribution in [0.15, 0.2) is 36.4 Å². The lowest BCUT2D eigenvalue weighted by Gasteiger charge is -2.24. The van der Waals surface area contributed by atoms with Gasteiger partial charge in [-0.25, -0.2) is 0 Å². The van der Waals surface area contributed by atoms with Gasteiger partial charge in [0.25, 0.3) is 0 Å². The molecule has 2 N–H and O–H groups in total. The molecule has 2 atom stereocenters. The fourth-order valence-electron chi connectivity index (χ4n) is 2.48. The number of aliphatic carboxylic acids is 1. The predicted octanol–water partition coefficient (Wildman–Crippen LogP) is 2.85. The van der Waals surface area contributed by atoms with Crippen molar-refractivity contribution in [2.75, 3.05) is 5.32 Å². The number of carbonyl (C=O) groups excluding carboxylic acids is 1. The smallest absolute Gasteiger partial charge is 0.307 e. The van der Waals surface area contributed by atoms with Gasteiger partial charge in [-0.3, -0.25) is 9.59 Å². The van der Waals surface area contributed by atoms with E-state index in [1.54, 1.807) is 0 Å². The maximum absolute atomic E-state index is 12.3. The fraction of sp³-hybridized carbons (Fsp3) is 0.375. The summed E-state index contributed by atoms with van der Waals surface area (Å²) in [5.41, 5.74) is 1.87. The summed E-state index contributed by atoms with van der Waals surface area (Å²) in [6.07, 6.45) is 5.51. The van der Waals surface area contributed by atoms with Gasteiger partial charge < -0.3 is 10.4 Å². The van der Waals surface area contributed by atoms with Crippen molar-refractivity contribution in [3.8, 4) is 0 Å². The number of anilines is 1. The van der Waals surface area contributed by atoms with E-state index in [0.29, 0.717) is 12.8 Å². The third-order valence-electron chi connectivity index (χ3n) is 3.69. The second-order valence-electron chi connectivity index (χ2n) is 5.04. The molecule has 20 heavy (non-hydrogen) atoms. The molecule has 1 aliphatic carbocycles. The van der Waals surface area contributed by atoms with Gasteiger partial charge in [0.2, 0.25) is 5.91 Å². The highest BCUT2D eigenvalue weighted by Crippen LogP contribution is 2.27. The van der Waals surface area contributed by atoms with E-state index in [0.717, 1.165) is 17.7 Å². The molecule has 106 valence electrons. The summed E-state index contributed by atoms with van der Waals surface area (Å²) in [6, 6.07) is 7.64. The zero-order chi connectivity index (χ0) is 14.5. The molecule has 4 nitrogen and oxygen atoms in total. The standard InChI is InChI=1S/C16H19NO3/c1-2-11-6-5-7-12(10-11)17-15(18)13-8-3-4-9-14(13)16(19)20/h3-7,10,13-14H,2,8-9H2,1H3,(H,17,18)(H,19,20)/t13-,14-/m0/s1. The van der Waals surface area contributed by atoms with E-state index in [1.807, 2.05) is 43.3 Å². The molecule has 4 heteroatoms. The third-order valence-corrected chi connectivity index (χ3v) is 3.69. The number of allylic oxidation sites excluding steroid dienone is 2. The van der Waals surface area contributed by atoms with Crippen LogP contribution in [0.4, 0.5) is 5.69 Å². The molecule has 0 radical (unpaired) electrons. The van der Waals surface area contributed by atoms with Crippen LogP contribution in [0.3, 0.4) is 0 Å². The Morgan fingerprint density at radius 1 is 1.25 bits per heavy atom. The molecule has 0 saturated carbocycles. The normalized spacial score (nSPS) is 21.4. The monoisotopic (exact) mass is 273 g/mol. The van der Waals surface area contributed by atoms with Crippen LogP contribution in [0.25, 0.3) is 0 Å². The van der Waals surface area contributed by atoms with Crippen molar-refractivity contribution in [1.82, 2.24) is 0 Å². The maximum Gasteiger partial charge on any atom is 0.307 e. The average Bonchev–Trinajstić information content (AvgIpc) is 2.47. The van der Waals surface area contributed by atoms with Gasteiger partial charge in [-0.15, -0.1) is 0 Å². The Morgan fingerprint density at radius 3 is 2.60 bits per heavy atom.